The maximum atomic E-state index is 11.7. The van der Waals surface area contributed by atoms with Crippen molar-refractivity contribution < 1.29 is 29.3 Å². The largest absolute Gasteiger partial charge is 0.478 e. The van der Waals surface area contributed by atoms with Crippen LogP contribution in [-0.4, -0.2) is 97.6 Å². The van der Waals surface area contributed by atoms with Gasteiger partial charge in [-0.2, -0.15) is 0 Å². The molecule has 0 unspecified atom stereocenters. The molecule has 8 nitrogen and oxygen atoms in total. The molecule has 2 saturated heterocycles. The van der Waals surface area contributed by atoms with Gasteiger partial charge in [-0.1, -0.05) is 19.3 Å². The van der Waals surface area contributed by atoms with E-state index in [1.165, 1.54) is 0 Å². The molecule has 0 amide bonds. The van der Waals surface area contributed by atoms with Gasteiger partial charge in [0.2, 0.25) is 0 Å². The molecule has 2 aliphatic heterocycles. The molecular formula is C23H40N2O6. The van der Waals surface area contributed by atoms with E-state index in [9.17, 15) is 19.8 Å². The molecule has 2 aliphatic rings. The molecular weight excluding hydrogens is 400 g/mol. The van der Waals surface area contributed by atoms with Crippen molar-refractivity contribution in [2.24, 2.45) is 0 Å². The summed E-state index contributed by atoms with van der Waals surface area (Å²) in [6.07, 6.45) is 7.05. The molecule has 0 saturated carbocycles. The summed E-state index contributed by atoms with van der Waals surface area (Å²) in [5.41, 5.74) is 0.182. The average Bonchev–Trinajstić information content (AvgIpc) is 2.77. The number of ether oxygens (including phenoxy) is 2. The fourth-order valence-electron chi connectivity index (χ4n) is 4.23. The predicted octanol–water partition coefficient (Wildman–Crippen LogP) is 2.63. The van der Waals surface area contributed by atoms with Crippen molar-refractivity contribution >= 4 is 11.9 Å². The van der Waals surface area contributed by atoms with Crippen LogP contribution in [0.2, 0.25) is 0 Å². The third-order valence-corrected chi connectivity index (χ3v) is 6.14. The number of rotatable bonds is 15. The highest BCUT2D eigenvalue weighted by Crippen LogP contribution is 2.20. The lowest BCUT2D eigenvalue weighted by atomic mass is 9.97. The van der Waals surface area contributed by atoms with Crippen molar-refractivity contribution in [3.63, 3.8) is 0 Å². The number of aliphatic carboxylic acids is 2. The van der Waals surface area contributed by atoms with Gasteiger partial charge in [0.15, 0.2) is 0 Å². The lowest BCUT2D eigenvalue weighted by Gasteiger charge is -2.26. The van der Waals surface area contributed by atoms with Crippen molar-refractivity contribution in [1.82, 2.24) is 9.80 Å². The molecule has 31 heavy (non-hydrogen) atoms. The molecule has 2 N–H and O–H groups in total. The van der Waals surface area contributed by atoms with E-state index in [1.807, 2.05) is 0 Å². The van der Waals surface area contributed by atoms with Gasteiger partial charge in [-0.25, -0.2) is 9.59 Å². The van der Waals surface area contributed by atoms with Crippen LogP contribution in [0.25, 0.3) is 0 Å². The second-order valence-corrected chi connectivity index (χ2v) is 8.45. The second-order valence-electron chi connectivity index (χ2n) is 8.45. The topological polar surface area (TPSA) is 99.5 Å². The molecule has 2 heterocycles. The van der Waals surface area contributed by atoms with Crippen LogP contribution in [0, 0.1) is 0 Å². The minimum absolute atomic E-state index is 0.0900. The van der Waals surface area contributed by atoms with Crippen LogP contribution in [0.5, 0.6) is 0 Å². The maximum absolute atomic E-state index is 11.7. The Balaban J connectivity index is 1.67. The Morgan fingerprint density at radius 2 is 0.935 bits per heavy atom. The Labute approximate surface area is 186 Å². The molecule has 8 heteroatoms. The van der Waals surface area contributed by atoms with Gasteiger partial charge in [-0.15, -0.1) is 0 Å². The number of carboxylic acids is 2. The van der Waals surface area contributed by atoms with Crippen LogP contribution in [0.1, 0.15) is 57.8 Å². The zero-order chi connectivity index (χ0) is 22.3. The predicted molar refractivity (Wildman–Crippen MR) is 118 cm³/mol. The average molecular weight is 441 g/mol. The van der Waals surface area contributed by atoms with E-state index in [4.69, 9.17) is 9.47 Å². The molecule has 2 fully saturated rings. The zero-order valence-corrected chi connectivity index (χ0v) is 18.9. The number of morpholine rings is 2. The van der Waals surface area contributed by atoms with Crippen molar-refractivity contribution in [1.29, 1.82) is 0 Å². The second kappa shape index (κ2) is 15.3. The van der Waals surface area contributed by atoms with Gasteiger partial charge >= 0.3 is 11.9 Å². The summed E-state index contributed by atoms with van der Waals surface area (Å²) in [5, 5.41) is 19.2. The Hall–Kier alpha value is -1.48. The normalized spacial score (nSPS) is 19.2. The molecule has 0 radical (unpaired) electrons. The third kappa shape index (κ3) is 10.6. The lowest BCUT2D eigenvalue weighted by Crippen LogP contribution is -2.36. The summed E-state index contributed by atoms with van der Waals surface area (Å²) < 4.78 is 10.7. The smallest absolute Gasteiger partial charge is 0.332 e. The first-order valence-electron chi connectivity index (χ1n) is 11.9. The van der Waals surface area contributed by atoms with E-state index in [0.29, 0.717) is 19.3 Å². The van der Waals surface area contributed by atoms with E-state index in [-0.39, 0.29) is 11.1 Å². The number of nitrogens with zero attached hydrogens (tertiary/aromatic N) is 2. The van der Waals surface area contributed by atoms with Gasteiger partial charge in [-0.05, 0) is 51.6 Å². The standard InChI is InChI=1S/C23H40N2O6/c26-22(27)20(8-4-1-2-6-10-24-12-16-30-17-13-24)21(23(28)29)9-5-3-7-11-25-14-18-31-19-15-25/h1-19H2,(H,26,27)(H,28,29)/b21-20+. The van der Waals surface area contributed by atoms with Crippen LogP contribution in [0.4, 0.5) is 0 Å². The van der Waals surface area contributed by atoms with E-state index in [2.05, 4.69) is 9.80 Å². The summed E-state index contributed by atoms with van der Waals surface area (Å²) in [6.45, 7) is 9.09. The highest BCUT2D eigenvalue weighted by Gasteiger charge is 2.19. The van der Waals surface area contributed by atoms with Crippen LogP contribution < -0.4 is 0 Å². The minimum atomic E-state index is -1.09. The van der Waals surface area contributed by atoms with E-state index >= 15 is 0 Å². The molecule has 0 aromatic heterocycles. The zero-order valence-electron chi connectivity index (χ0n) is 18.9. The Morgan fingerprint density at radius 1 is 0.581 bits per heavy atom. The first kappa shape index (κ1) is 25.8. The Kier molecular flexibility index (Phi) is 12.8. The molecule has 0 aromatic rings. The molecule has 0 aromatic carbocycles. The summed E-state index contributed by atoms with van der Waals surface area (Å²) in [4.78, 5) is 28.2. The fraction of sp³-hybridized carbons (Fsp3) is 0.826. The van der Waals surface area contributed by atoms with Crippen LogP contribution >= 0.6 is 0 Å². The summed E-state index contributed by atoms with van der Waals surface area (Å²) in [6, 6.07) is 0. The van der Waals surface area contributed by atoms with Gasteiger partial charge in [0.25, 0.3) is 0 Å². The number of unbranched alkanes of at least 4 members (excludes halogenated alkanes) is 5. The Morgan fingerprint density at radius 3 is 1.32 bits per heavy atom. The SMILES string of the molecule is O=C(O)/C(CCCCCCN1CCOCC1)=C(\CCCCCN1CCOCC1)C(=O)O. The minimum Gasteiger partial charge on any atom is -0.478 e. The summed E-state index contributed by atoms with van der Waals surface area (Å²) >= 11 is 0. The monoisotopic (exact) mass is 440 g/mol. The maximum Gasteiger partial charge on any atom is 0.332 e. The first-order valence-corrected chi connectivity index (χ1v) is 11.9. The highest BCUT2D eigenvalue weighted by molar-refractivity contribution is 5.98. The van der Waals surface area contributed by atoms with E-state index in [0.717, 1.165) is 104 Å². The third-order valence-electron chi connectivity index (χ3n) is 6.14. The quantitative estimate of drug-likeness (QED) is 0.296. The first-order chi connectivity index (χ1) is 15.1. The molecule has 0 aliphatic carbocycles. The van der Waals surface area contributed by atoms with Gasteiger partial charge < -0.3 is 19.7 Å². The van der Waals surface area contributed by atoms with Crippen LogP contribution in [0.15, 0.2) is 11.1 Å². The van der Waals surface area contributed by atoms with Crippen molar-refractivity contribution in [2.75, 3.05) is 65.7 Å². The number of hydrogen-bond donors (Lipinski definition) is 2. The van der Waals surface area contributed by atoms with Crippen LogP contribution in [-0.2, 0) is 19.1 Å². The van der Waals surface area contributed by atoms with E-state index < -0.39 is 11.9 Å². The van der Waals surface area contributed by atoms with Gasteiger partial charge in [0.05, 0.1) is 26.4 Å². The van der Waals surface area contributed by atoms with E-state index in [1.54, 1.807) is 0 Å². The molecule has 178 valence electrons. The molecule has 0 bridgehead atoms. The molecule has 0 spiro atoms. The Bertz CT molecular complexity index is 568. The van der Waals surface area contributed by atoms with Gasteiger partial charge in [0, 0.05) is 37.3 Å². The number of carboxylic acid groups (broad SMARTS) is 2. The number of carbonyl (C=O) groups is 2. The highest BCUT2D eigenvalue weighted by atomic mass is 16.5. The van der Waals surface area contributed by atoms with Crippen molar-refractivity contribution in [3.05, 3.63) is 11.1 Å². The van der Waals surface area contributed by atoms with Gasteiger partial charge in [0.1, 0.15) is 0 Å². The molecule has 2 rings (SSSR count). The van der Waals surface area contributed by atoms with Gasteiger partial charge in [-0.3, -0.25) is 9.80 Å². The summed E-state index contributed by atoms with van der Waals surface area (Å²) in [5.74, 6) is -2.17. The number of hydrogen-bond acceptors (Lipinski definition) is 6. The summed E-state index contributed by atoms with van der Waals surface area (Å²) in [7, 11) is 0. The fourth-order valence-corrected chi connectivity index (χ4v) is 4.23. The van der Waals surface area contributed by atoms with Crippen LogP contribution in [0.3, 0.4) is 0 Å². The molecule has 0 atom stereocenters. The lowest BCUT2D eigenvalue weighted by molar-refractivity contribution is -0.136. The van der Waals surface area contributed by atoms with Crippen molar-refractivity contribution in [3.8, 4) is 0 Å². The van der Waals surface area contributed by atoms with Crippen molar-refractivity contribution in [2.45, 2.75) is 57.8 Å².